The number of nitroso groups, excluding NO2 is 1. The van der Waals surface area contributed by atoms with Crippen molar-refractivity contribution in [2.45, 2.75) is 19.9 Å². The van der Waals surface area contributed by atoms with Gasteiger partial charge in [-0.3, -0.25) is 4.79 Å². The number of carbonyl (C=O) groups excluding carboxylic acids is 1. The van der Waals surface area contributed by atoms with Crippen molar-refractivity contribution >= 4 is 5.91 Å². The minimum absolute atomic E-state index is 0. The molecule has 1 N–H and O–H groups in total. The molecule has 0 aliphatic heterocycles. The van der Waals surface area contributed by atoms with E-state index >= 15 is 0 Å². The molecule has 1 rings (SSSR count). The summed E-state index contributed by atoms with van der Waals surface area (Å²) in [5.74, 6) is -0.0653. The van der Waals surface area contributed by atoms with Gasteiger partial charge in [0, 0.05) is 17.1 Å². The van der Waals surface area contributed by atoms with Gasteiger partial charge < -0.3 is 5.32 Å². The van der Waals surface area contributed by atoms with Crippen LogP contribution in [0.2, 0.25) is 0 Å². The quantitative estimate of drug-likeness (QED) is 0.501. The molecule has 0 aliphatic rings. The number of carbonyl (C=O) groups is 1. The van der Waals surface area contributed by atoms with E-state index in [0.29, 0.717) is 0 Å². The van der Waals surface area contributed by atoms with Crippen molar-refractivity contribution in [1.29, 1.82) is 0 Å². The Morgan fingerprint density at radius 1 is 1.18 bits per heavy atom. The van der Waals surface area contributed by atoms with E-state index in [2.05, 4.69) is 18.6 Å². The van der Waals surface area contributed by atoms with Crippen molar-refractivity contribution in [3.8, 4) is 0 Å². The number of benzene rings is 1. The van der Waals surface area contributed by atoms with E-state index < -0.39 is 0 Å². The Bertz CT molecular complexity index is 390. The summed E-state index contributed by atoms with van der Waals surface area (Å²) in [5, 5.41) is 2.89. The molecule has 1 aromatic carbocycles. The zero-order chi connectivity index (χ0) is 17.1. The van der Waals surface area contributed by atoms with Gasteiger partial charge in [-0.05, 0) is 25.3 Å². The molecule has 0 saturated heterocycles. The fourth-order valence-corrected chi connectivity index (χ4v) is 1.27. The minimum atomic E-state index is -0.0653. The topological polar surface area (TPSA) is 108 Å². The molecule has 22 heavy (non-hydrogen) atoms. The van der Waals surface area contributed by atoms with Crippen molar-refractivity contribution in [2.75, 3.05) is 0 Å². The van der Waals surface area contributed by atoms with Gasteiger partial charge in [0.25, 0.3) is 0 Å². The Hall–Kier alpha value is -1.71. The number of nitrogens with zero attached hydrogens (tertiary/aromatic N) is 1. The van der Waals surface area contributed by atoms with E-state index in [1.54, 1.807) is 6.42 Å². The Morgan fingerprint density at radius 3 is 2.05 bits per heavy atom. The maximum Gasteiger partial charge on any atom is 0.120 e. The van der Waals surface area contributed by atoms with Crippen molar-refractivity contribution < 1.29 is 31.2 Å². The molecule has 1 atom stereocenters. The summed E-state index contributed by atoms with van der Waals surface area (Å²) in [6.07, 6.45) is 5.08. The first-order valence-corrected chi connectivity index (χ1v) is 5.64. The molecule has 0 spiro atoms. The van der Waals surface area contributed by atoms with E-state index in [4.69, 9.17) is 19.8 Å². The van der Waals surface area contributed by atoms with E-state index in [1.165, 1.54) is 6.42 Å². The van der Waals surface area contributed by atoms with Crippen LogP contribution in [0.25, 0.3) is 0 Å². The molecule has 6 nitrogen and oxygen atoms in total. The number of hydrogen-bond donors (Lipinski definition) is 1. The van der Waals surface area contributed by atoms with E-state index in [9.17, 15) is 4.79 Å². The second kappa shape index (κ2) is 24.3. The van der Waals surface area contributed by atoms with Gasteiger partial charge >= 0.3 is 22.6 Å². The maximum atomic E-state index is 11.4. The molecule has 1 amide bonds. The third-order valence-corrected chi connectivity index (χ3v) is 2.10. The largest absolute Gasteiger partial charge is 0.120 e. The van der Waals surface area contributed by atoms with Crippen LogP contribution in [-0.2, 0) is 31.2 Å². The SMILES string of the molecule is C[CH][CH][CH]C(=O)N[C@H](C)c1ccccc1.[C-]#[O+].[C-]#[O+].[Fe].[N]=O. The van der Waals surface area contributed by atoms with Crippen molar-refractivity contribution in [2.24, 2.45) is 0 Å². The molecule has 1 aromatic rings. The first-order valence-electron chi connectivity index (χ1n) is 5.64. The number of rotatable bonds is 5. The van der Waals surface area contributed by atoms with Crippen LogP contribution in [0.5, 0.6) is 0 Å². The predicted octanol–water partition coefficient (Wildman–Crippen LogP) is 1.97. The van der Waals surface area contributed by atoms with Gasteiger partial charge in [-0.1, -0.05) is 37.3 Å². The molecule has 0 aromatic heterocycles. The smallest absolute Gasteiger partial charge is 0.120 e. The van der Waals surface area contributed by atoms with Crippen molar-refractivity contribution in [3.05, 3.63) is 73.4 Å². The first kappa shape index (κ1) is 28.5. The van der Waals surface area contributed by atoms with Crippen LogP contribution in [0.1, 0.15) is 25.5 Å². The molecule has 0 unspecified atom stereocenters. The Kier molecular flexibility index (Phi) is 31.4. The molecule has 0 fully saturated rings. The number of hydrogen-bond acceptors (Lipinski definition) is 2. The van der Waals surface area contributed by atoms with Gasteiger partial charge in [0.1, 0.15) is 5.59 Å². The second-order valence-corrected chi connectivity index (χ2v) is 3.33. The average molecular weight is 344 g/mol. The molecular weight excluding hydrogens is 328 g/mol. The fraction of sp³-hybridized carbons (Fsp3) is 0.200. The van der Waals surface area contributed by atoms with Gasteiger partial charge in [0.05, 0.1) is 12.5 Å². The summed E-state index contributed by atoms with van der Waals surface area (Å²) >= 11 is 0. The molecule has 118 valence electrons. The van der Waals surface area contributed by atoms with Crippen molar-refractivity contribution in [3.63, 3.8) is 0 Å². The predicted molar refractivity (Wildman–Crippen MR) is 74.9 cm³/mol. The van der Waals surface area contributed by atoms with Crippen LogP contribution in [0.3, 0.4) is 0 Å². The number of unbranched alkanes of at least 4 members (excludes halogenated alkanes) is 1. The van der Waals surface area contributed by atoms with Crippen molar-refractivity contribution in [1.82, 2.24) is 10.9 Å². The Labute approximate surface area is 141 Å². The zero-order valence-corrected chi connectivity index (χ0v) is 13.2. The minimum Gasteiger partial charge on any atom is -0.120 e. The Morgan fingerprint density at radius 2 is 1.64 bits per heavy atom. The fourth-order valence-electron chi connectivity index (χ4n) is 1.27. The maximum absolute atomic E-state index is 11.4. The van der Waals surface area contributed by atoms with Gasteiger partial charge in [0.2, 0.25) is 5.91 Å². The average Bonchev–Trinajstić information content (AvgIpc) is 2.59. The third kappa shape index (κ3) is 16.3. The van der Waals surface area contributed by atoms with E-state index in [1.807, 2.05) is 50.6 Å². The molecule has 0 bridgehead atoms. The summed E-state index contributed by atoms with van der Waals surface area (Å²) in [6, 6.07) is 9.94. The van der Waals surface area contributed by atoms with E-state index in [0.717, 1.165) is 5.56 Å². The van der Waals surface area contributed by atoms with Crippen LogP contribution in [-0.4, -0.2) is 5.91 Å². The van der Waals surface area contributed by atoms with Gasteiger partial charge in [-0.15, -0.1) is 4.91 Å². The third-order valence-electron chi connectivity index (χ3n) is 2.10. The molecular formula is C15H16FeN2O4. The van der Waals surface area contributed by atoms with Crippen LogP contribution in [0, 0.1) is 37.5 Å². The van der Waals surface area contributed by atoms with Gasteiger partial charge in [-0.25, -0.2) is 0 Å². The molecule has 0 heterocycles. The van der Waals surface area contributed by atoms with Crippen LogP contribution >= 0.6 is 0 Å². The molecule has 4 radical (unpaired) electrons. The van der Waals surface area contributed by atoms with Crippen LogP contribution < -0.4 is 10.9 Å². The normalized spacial score (nSPS) is 8.64. The summed E-state index contributed by atoms with van der Waals surface area (Å²) in [7, 11) is 0. The summed E-state index contributed by atoms with van der Waals surface area (Å²) in [6.45, 7) is 12.8. The first-order chi connectivity index (χ1) is 10.2. The van der Waals surface area contributed by atoms with Gasteiger partial charge in [-0.2, -0.15) is 0 Å². The van der Waals surface area contributed by atoms with Gasteiger partial charge in [0.15, 0.2) is 0 Å². The number of nitrogens with one attached hydrogen (secondary N) is 1. The summed E-state index contributed by atoms with van der Waals surface area (Å²) in [5.41, 5.74) is 6.86. The molecule has 0 saturated carbocycles. The summed E-state index contributed by atoms with van der Waals surface area (Å²) < 4.78 is 15.0. The van der Waals surface area contributed by atoms with E-state index in [-0.39, 0.29) is 29.0 Å². The molecule has 7 heteroatoms. The van der Waals surface area contributed by atoms with Crippen LogP contribution in [0.4, 0.5) is 0 Å². The van der Waals surface area contributed by atoms with Crippen LogP contribution in [0.15, 0.2) is 30.3 Å². The molecule has 0 aliphatic carbocycles. The monoisotopic (exact) mass is 344 g/mol. The standard InChI is InChI=1S/C13H16NO.2CO.Fe.NO/c1-3-4-10-13(15)14-11(2)12-8-6-5-7-9-12;2*1-2;;1-2/h3-11H,1-2H3,(H,14,15);;;;/t11-;;;;/m1..../s1. The summed E-state index contributed by atoms with van der Waals surface area (Å²) in [4.78, 5) is 18.6. The second-order valence-electron chi connectivity index (χ2n) is 3.33. The Balaban J connectivity index is -0.000000206. The number of amides is 1. The zero-order valence-electron chi connectivity index (χ0n) is 12.1.